The number of nitrogens with one attached hydrogen (secondary N) is 1. The van der Waals surface area contributed by atoms with E-state index in [0.29, 0.717) is 11.6 Å². The van der Waals surface area contributed by atoms with Crippen molar-refractivity contribution in [3.8, 4) is 11.6 Å². The number of hydrogen-bond acceptors (Lipinski definition) is 4. The topological polar surface area (TPSA) is 47.0 Å². The van der Waals surface area contributed by atoms with E-state index in [1.54, 1.807) is 12.4 Å². The minimum Gasteiger partial charge on any atom is -0.437 e. The highest BCUT2D eigenvalue weighted by atomic mass is 16.5. The molecule has 2 rings (SSSR count). The molecule has 0 saturated carbocycles. The quantitative estimate of drug-likeness (QED) is 0.897. The molecule has 0 fully saturated rings. The van der Waals surface area contributed by atoms with Crippen molar-refractivity contribution in [1.29, 1.82) is 0 Å². The minimum absolute atomic E-state index is 0.270. The van der Waals surface area contributed by atoms with E-state index in [-0.39, 0.29) is 6.04 Å². The van der Waals surface area contributed by atoms with Gasteiger partial charge in [-0.15, -0.1) is 0 Å². The van der Waals surface area contributed by atoms with Crippen LogP contribution in [0.3, 0.4) is 0 Å². The van der Waals surface area contributed by atoms with Crippen molar-refractivity contribution in [3.05, 3.63) is 47.9 Å². The van der Waals surface area contributed by atoms with Gasteiger partial charge in [0.15, 0.2) is 0 Å². The maximum atomic E-state index is 5.67. The summed E-state index contributed by atoms with van der Waals surface area (Å²) in [5.74, 6) is 1.28. The van der Waals surface area contributed by atoms with E-state index < -0.39 is 0 Å². The third kappa shape index (κ3) is 3.05. The third-order valence-corrected chi connectivity index (χ3v) is 2.80. The monoisotopic (exact) mass is 243 g/mol. The van der Waals surface area contributed by atoms with Crippen LogP contribution in [0.1, 0.15) is 24.2 Å². The van der Waals surface area contributed by atoms with Gasteiger partial charge in [-0.2, -0.15) is 0 Å². The largest absolute Gasteiger partial charge is 0.437 e. The normalized spacial score (nSPS) is 12.2. The molecule has 0 spiro atoms. The van der Waals surface area contributed by atoms with Crippen LogP contribution in [0, 0.1) is 6.92 Å². The molecule has 4 nitrogen and oxygen atoms in total. The molecule has 0 saturated heterocycles. The van der Waals surface area contributed by atoms with Gasteiger partial charge in [0.05, 0.1) is 6.20 Å². The Balaban J connectivity index is 2.16. The second kappa shape index (κ2) is 5.60. The Morgan fingerprint density at radius 2 is 2.06 bits per heavy atom. The Kier molecular flexibility index (Phi) is 3.89. The Morgan fingerprint density at radius 1 is 1.22 bits per heavy atom. The maximum Gasteiger partial charge on any atom is 0.219 e. The molecule has 2 heterocycles. The zero-order chi connectivity index (χ0) is 13.0. The lowest BCUT2D eigenvalue weighted by atomic mass is 10.1. The molecule has 1 unspecified atom stereocenters. The third-order valence-electron chi connectivity index (χ3n) is 2.80. The van der Waals surface area contributed by atoms with Crippen molar-refractivity contribution in [3.63, 3.8) is 0 Å². The van der Waals surface area contributed by atoms with Crippen LogP contribution in [0.25, 0.3) is 0 Å². The van der Waals surface area contributed by atoms with Crippen molar-refractivity contribution in [2.75, 3.05) is 7.05 Å². The van der Waals surface area contributed by atoms with Crippen LogP contribution < -0.4 is 10.1 Å². The zero-order valence-corrected chi connectivity index (χ0v) is 10.8. The Hall–Kier alpha value is -1.94. The van der Waals surface area contributed by atoms with Gasteiger partial charge in [0, 0.05) is 24.0 Å². The average molecular weight is 243 g/mol. The van der Waals surface area contributed by atoms with Crippen molar-refractivity contribution in [2.24, 2.45) is 0 Å². The molecule has 0 bridgehead atoms. The van der Waals surface area contributed by atoms with Gasteiger partial charge in [0.1, 0.15) is 5.75 Å². The molecule has 2 aromatic heterocycles. The van der Waals surface area contributed by atoms with E-state index in [0.717, 1.165) is 11.3 Å². The average Bonchev–Trinajstić information content (AvgIpc) is 2.41. The molecule has 4 heteroatoms. The van der Waals surface area contributed by atoms with Crippen LogP contribution in [0.15, 0.2) is 36.7 Å². The molecule has 1 N–H and O–H groups in total. The van der Waals surface area contributed by atoms with Gasteiger partial charge >= 0.3 is 0 Å². The highest BCUT2D eigenvalue weighted by Gasteiger charge is 2.05. The summed E-state index contributed by atoms with van der Waals surface area (Å²) < 4.78 is 5.67. The molecular weight excluding hydrogens is 226 g/mol. The van der Waals surface area contributed by atoms with Crippen LogP contribution in [0.5, 0.6) is 11.6 Å². The molecule has 94 valence electrons. The molecule has 0 aromatic carbocycles. The van der Waals surface area contributed by atoms with E-state index in [4.69, 9.17) is 4.74 Å². The number of ether oxygens (including phenoxy) is 1. The first-order chi connectivity index (χ1) is 8.69. The fourth-order valence-corrected chi connectivity index (χ4v) is 1.55. The fourth-order valence-electron chi connectivity index (χ4n) is 1.55. The number of aryl methyl sites for hydroxylation is 1. The first-order valence-corrected chi connectivity index (χ1v) is 5.93. The maximum absolute atomic E-state index is 5.67. The Bertz CT molecular complexity index is 511. The molecular formula is C14H17N3O. The zero-order valence-electron chi connectivity index (χ0n) is 10.8. The van der Waals surface area contributed by atoms with Gasteiger partial charge in [-0.1, -0.05) is 0 Å². The fraction of sp³-hybridized carbons (Fsp3) is 0.286. The van der Waals surface area contributed by atoms with E-state index in [9.17, 15) is 0 Å². The summed E-state index contributed by atoms with van der Waals surface area (Å²) in [7, 11) is 1.93. The lowest BCUT2D eigenvalue weighted by molar-refractivity contribution is 0.458. The van der Waals surface area contributed by atoms with Gasteiger partial charge in [-0.25, -0.2) is 4.98 Å². The van der Waals surface area contributed by atoms with Crippen LogP contribution in [-0.4, -0.2) is 17.0 Å². The molecule has 0 aliphatic rings. The summed E-state index contributed by atoms with van der Waals surface area (Å²) in [6, 6.07) is 7.97. The van der Waals surface area contributed by atoms with E-state index >= 15 is 0 Å². The second-order valence-corrected chi connectivity index (χ2v) is 4.18. The lowest BCUT2D eigenvalue weighted by Gasteiger charge is -2.11. The standard InChI is InChI=1S/C14H17N3O/c1-10-4-5-13(9-17-10)18-14-8-12(6-7-16-14)11(2)15-3/h4-9,11,15H,1-3H3. The Labute approximate surface area is 107 Å². The van der Waals surface area contributed by atoms with Crippen molar-refractivity contribution >= 4 is 0 Å². The first-order valence-electron chi connectivity index (χ1n) is 5.93. The predicted octanol–water partition coefficient (Wildman–Crippen LogP) is 2.86. The summed E-state index contributed by atoms with van der Waals surface area (Å²) in [4.78, 5) is 8.38. The van der Waals surface area contributed by atoms with E-state index in [1.165, 1.54) is 0 Å². The summed E-state index contributed by atoms with van der Waals surface area (Å²) in [5, 5.41) is 3.18. The summed E-state index contributed by atoms with van der Waals surface area (Å²) in [5.41, 5.74) is 2.11. The molecule has 0 amide bonds. The van der Waals surface area contributed by atoms with Crippen LogP contribution in [0.2, 0.25) is 0 Å². The van der Waals surface area contributed by atoms with Gasteiger partial charge < -0.3 is 10.1 Å². The number of aromatic nitrogens is 2. The van der Waals surface area contributed by atoms with Gasteiger partial charge in [0.25, 0.3) is 0 Å². The predicted molar refractivity (Wildman–Crippen MR) is 70.8 cm³/mol. The summed E-state index contributed by atoms with van der Waals surface area (Å²) in [6.07, 6.45) is 3.45. The number of hydrogen-bond donors (Lipinski definition) is 1. The van der Waals surface area contributed by atoms with Gasteiger partial charge in [-0.3, -0.25) is 4.98 Å². The SMILES string of the molecule is CNC(C)c1ccnc(Oc2ccc(C)nc2)c1. The minimum atomic E-state index is 0.270. The van der Waals surface area contributed by atoms with Crippen LogP contribution in [0.4, 0.5) is 0 Å². The number of rotatable bonds is 4. The lowest BCUT2D eigenvalue weighted by Crippen LogP contribution is -2.12. The van der Waals surface area contributed by atoms with E-state index in [2.05, 4.69) is 22.2 Å². The van der Waals surface area contributed by atoms with Crippen molar-refractivity contribution in [1.82, 2.24) is 15.3 Å². The Morgan fingerprint density at radius 3 is 2.72 bits per heavy atom. The smallest absolute Gasteiger partial charge is 0.219 e. The molecule has 18 heavy (non-hydrogen) atoms. The molecule has 1 atom stereocenters. The van der Waals surface area contributed by atoms with E-state index in [1.807, 2.05) is 38.2 Å². The molecule has 0 radical (unpaired) electrons. The molecule has 0 aliphatic heterocycles. The molecule has 0 aliphatic carbocycles. The van der Waals surface area contributed by atoms with Gasteiger partial charge in [0.2, 0.25) is 5.88 Å². The molecule has 2 aromatic rings. The number of nitrogens with zero attached hydrogens (tertiary/aromatic N) is 2. The van der Waals surface area contributed by atoms with Crippen molar-refractivity contribution < 1.29 is 4.74 Å². The summed E-state index contributed by atoms with van der Waals surface area (Å²) >= 11 is 0. The second-order valence-electron chi connectivity index (χ2n) is 4.18. The van der Waals surface area contributed by atoms with Crippen molar-refractivity contribution in [2.45, 2.75) is 19.9 Å². The highest BCUT2D eigenvalue weighted by Crippen LogP contribution is 2.21. The van der Waals surface area contributed by atoms with Crippen LogP contribution in [-0.2, 0) is 0 Å². The first kappa shape index (κ1) is 12.5. The van der Waals surface area contributed by atoms with Gasteiger partial charge in [-0.05, 0) is 44.7 Å². The van der Waals surface area contributed by atoms with Crippen LogP contribution >= 0.6 is 0 Å². The summed E-state index contributed by atoms with van der Waals surface area (Å²) in [6.45, 7) is 4.03. The number of pyridine rings is 2. The highest BCUT2D eigenvalue weighted by molar-refractivity contribution is 5.28.